The molecule has 1 saturated heterocycles. The fourth-order valence-electron chi connectivity index (χ4n) is 3.29. The molecular weight excluding hydrogens is 348 g/mol. The maximum Gasteiger partial charge on any atom is 0.323 e. The molecule has 0 unspecified atom stereocenters. The molecule has 8 heteroatoms. The van der Waals surface area contributed by atoms with E-state index in [-0.39, 0.29) is 24.9 Å². The van der Waals surface area contributed by atoms with Gasteiger partial charge in [-0.25, -0.2) is 0 Å². The van der Waals surface area contributed by atoms with Crippen LogP contribution in [0, 0.1) is 0 Å². The number of hydrogen-bond donors (Lipinski definition) is 1. The van der Waals surface area contributed by atoms with Crippen molar-refractivity contribution < 1.29 is 19.2 Å². The van der Waals surface area contributed by atoms with Crippen LogP contribution in [0.2, 0.25) is 0 Å². The smallest absolute Gasteiger partial charge is 0.323 e. The number of hydrogen-bond acceptors (Lipinski definition) is 6. The van der Waals surface area contributed by atoms with Crippen molar-refractivity contribution in [3.8, 4) is 11.4 Å². The van der Waals surface area contributed by atoms with Gasteiger partial charge in [-0.2, -0.15) is 4.98 Å². The molecule has 0 spiro atoms. The normalized spacial score (nSPS) is 15.6. The van der Waals surface area contributed by atoms with Crippen LogP contribution in [0.25, 0.3) is 11.4 Å². The fraction of sp³-hybridized carbons (Fsp3) is 0.474. The summed E-state index contributed by atoms with van der Waals surface area (Å²) in [5.74, 6) is -0.325. The van der Waals surface area contributed by atoms with Crippen molar-refractivity contribution in [3.05, 3.63) is 36.2 Å². The van der Waals surface area contributed by atoms with Gasteiger partial charge >= 0.3 is 5.97 Å². The number of nitrogens with zero attached hydrogens (tertiary/aromatic N) is 4. The Balaban J connectivity index is 1.60. The number of aryl methyl sites for hydroxylation is 1. The lowest BCUT2D eigenvalue weighted by atomic mass is 10.0. The number of piperidine rings is 1. The second-order valence-corrected chi connectivity index (χ2v) is 6.83. The van der Waals surface area contributed by atoms with Gasteiger partial charge in [0.1, 0.15) is 6.54 Å². The van der Waals surface area contributed by atoms with Gasteiger partial charge in [0.15, 0.2) is 0 Å². The molecule has 0 bridgehead atoms. The molecule has 0 saturated carbocycles. The highest BCUT2D eigenvalue weighted by molar-refractivity contribution is 5.81. The van der Waals surface area contributed by atoms with Gasteiger partial charge in [0, 0.05) is 24.4 Å². The Morgan fingerprint density at radius 2 is 1.96 bits per heavy atom. The highest BCUT2D eigenvalue weighted by Gasteiger charge is 2.28. The first-order valence-corrected chi connectivity index (χ1v) is 9.10. The Morgan fingerprint density at radius 1 is 1.26 bits per heavy atom. The van der Waals surface area contributed by atoms with Gasteiger partial charge in [-0.1, -0.05) is 35.5 Å². The third-order valence-corrected chi connectivity index (χ3v) is 4.81. The Labute approximate surface area is 157 Å². The average molecular weight is 372 g/mol. The molecule has 1 aromatic heterocycles. The van der Waals surface area contributed by atoms with Gasteiger partial charge in [-0.15, -0.1) is 0 Å². The summed E-state index contributed by atoms with van der Waals surface area (Å²) in [5.41, 5.74) is 0.845. The van der Waals surface area contributed by atoms with Crippen LogP contribution in [0.1, 0.15) is 25.2 Å². The highest BCUT2D eigenvalue weighted by Crippen LogP contribution is 2.18. The van der Waals surface area contributed by atoms with Crippen LogP contribution in [0.15, 0.2) is 34.9 Å². The van der Waals surface area contributed by atoms with Crippen molar-refractivity contribution in [3.63, 3.8) is 0 Å². The number of amides is 1. The molecule has 0 radical (unpaired) electrons. The van der Waals surface area contributed by atoms with Crippen LogP contribution in [0.3, 0.4) is 0 Å². The van der Waals surface area contributed by atoms with Gasteiger partial charge in [-0.3, -0.25) is 9.59 Å². The van der Waals surface area contributed by atoms with Gasteiger partial charge in [-0.05, 0) is 33.0 Å². The number of likely N-dealkylation sites (tertiary alicyclic amines) is 1. The third-order valence-electron chi connectivity index (χ3n) is 4.81. The zero-order valence-electron chi connectivity index (χ0n) is 15.4. The van der Waals surface area contributed by atoms with E-state index in [1.54, 1.807) is 0 Å². The minimum Gasteiger partial charge on any atom is -0.480 e. The van der Waals surface area contributed by atoms with E-state index >= 15 is 0 Å². The van der Waals surface area contributed by atoms with E-state index in [0.29, 0.717) is 18.1 Å². The predicted molar refractivity (Wildman–Crippen MR) is 97.9 cm³/mol. The van der Waals surface area contributed by atoms with Crippen LogP contribution >= 0.6 is 0 Å². The fourth-order valence-corrected chi connectivity index (χ4v) is 3.29. The zero-order chi connectivity index (χ0) is 19.2. The largest absolute Gasteiger partial charge is 0.480 e. The number of carboxylic acid groups (broad SMARTS) is 1. The van der Waals surface area contributed by atoms with E-state index in [9.17, 15) is 14.7 Å². The second-order valence-electron chi connectivity index (χ2n) is 6.83. The topological polar surface area (TPSA) is 99.8 Å². The number of carbonyl (C=O) groups is 2. The minimum absolute atomic E-state index is 0.0348. The van der Waals surface area contributed by atoms with Crippen molar-refractivity contribution in [2.75, 3.05) is 26.7 Å². The standard InChI is InChI=1S/C19H24N4O4/c1-22-11-9-15(10-12-22)23(13-18(25)26)17(24)8-7-16-20-19(21-27-16)14-5-3-2-4-6-14/h2-6,15H,7-13H2,1H3,(H,25,26). The molecule has 1 aliphatic heterocycles. The Morgan fingerprint density at radius 3 is 2.63 bits per heavy atom. The molecule has 0 aliphatic carbocycles. The lowest BCUT2D eigenvalue weighted by molar-refractivity contribution is -0.147. The van der Waals surface area contributed by atoms with Gasteiger partial charge in [0.05, 0.1) is 0 Å². The van der Waals surface area contributed by atoms with Gasteiger partial charge in [0.25, 0.3) is 0 Å². The minimum atomic E-state index is -0.994. The number of carbonyl (C=O) groups excluding carboxylic acids is 1. The van der Waals surface area contributed by atoms with E-state index in [1.807, 2.05) is 37.4 Å². The molecule has 2 aromatic rings. The molecule has 0 atom stereocenters. The molecular formula is C19H24N4O4. The van der Waals surface area contributed by atoms with Crippen molar-refractivity contribution >= 4 is 11.9 Å². The van der Waals surface area contributed by atoms with Crippen molar-refractivity contribution in [1.82, 2.24) is 19.9 Å². The molecule has 3 rings (SSSR count). The lowest BCUT2D eigenvalue weighted by Crippen LogP contribution is -2.48. The number of aromatic nitrogens is 2. The predicted octanol–water partition coefficient (Wildman–Crippen LogP) is 1.68. The lowest BCUT2D eigenvalue weighted by Gasteiger charge is -2.36. The summed E-state index contributed by atoms with van der Waals surface area (Å²) in [6.07, 6.45) is 2.01. The molecule has 8 nitrogen and oxygen atoms in total. The van der Waals surface area contributed by atoms with Crippen molar-refractivity contribution in [2.45, 2.75) is 31.7 Å². The Hall–Kier alpha value is -2.74. The summed E-state index contributed by atoms with van der Waals surface area (Å²) < 4.78 is 5.24. The molecule has 2 heterocycles. The van der Waals surface area contributed by atoms with E-state index < -0.39 is 5.97 Å². The summed E-state index contributed by atoms with van der Waals surface area (Å²) in [4.78, 5) is 31.9. The van der Waals surface area contributed by atoms with Crippen LogP contribution in [-0.4, -0.2) is 69.6 Å². The van der Waals surface area contributed by atoms with E-state index in [2.05, 4.69) is 15.0 Å². The molecule has 1 fully saturated rings. The first kappa shape index (κ1) is 19.0. The van der Waals surface area contributed by atoms with Crippen LogP contribution < -0.4 is 0 Å². The van der Waals surface area contributed by atoms with Crippen LogP contribution in [0.4, 0.5) is 0 Å². The quantitative estimate of drug-likeness (QED) is 0.789. The summed E-state index contributed by atoms with van der Waals surface area (Å²) in [7, 11) is 2.03. The average Bonchev–Trinajstić information content (AvgIpc) is 3.15. The van der Waals surface area contributed by atoms with E-state index in [0.717, 1.165) is 31.5 Å². The maximum atomic E-state index is 12.7. The van der Waals surface area contributed by atoms with Crippen molar-refractivity contribution in [1.29, 1.82) is 0 Å². The number of rotatable bonds is 7. The zero-order valence-corrected chi connectivity index (χ0v) is 15.4. The van der Waals surface area contributed by atoms with Gasteiger partial charge in [0.2, 0.25) is 17.6 Å². The van der Waals surface area contributed by atoms with Crippen LogP contribution in [0.5, 0.6) is 0 Å². The first-order chi connectivity index (χ1) is 13.0. The van der Waals surface area contributed by atoms with E-state index in [1.165, 1.54) is 4.90 Å². The van der Waals surface area contributed by atoms with Crippen LogP contribution in [-0.2, 0) is 16.0 Å². The molecule has 1 aromatic carbocycles. The Bertz CT molecular complexity index is 769. The second kappa shape index (κ2) is 8.77. The molecule has 144 valence electrons. The highest BCUT2D eigenvalue weighted by atomic mass is 16.5. The van der Waals surface area contributed by atoms with Crippen molar-refractivity contribution in [2.24, 2.45) is 0 Å². The summed E-state index contributed by atoms with van der Waals surface area (Å²) in [6, 6.07) is 9.42. The molecule has 1 aliphatic rings. The number of carboxylic acids is 1. The summed E-state index contributed by atoms with van der Waals surface area (Å²) >= 11 is 0. The molecule has 1 amide bonds. The number of aliphatic carboxylic acids is 1. The summed E-state index contributed by atoms with van der Waals surface area (Å²) in [6.45, 7) is 1.45. The maximum absolute atomic E-state index is 12.7. The van der Waals surface area contributed by atoms with Gasteiger partial charge < -0.3 is 19.4 Å². The SMILES string of the molecule is CN1CCC(N(CC(=O)O)C(=O)CCc2nc(-c3ccccc3)no2)CC1. The summed E-state index contributed by atoms with van der Waals surface area (Å²) in [5, 5.41) is 13.1. The first-order valence-electron chi connectivity index (χ1n) is 9.10. The molecule has 1 N–H and O–H groups in total. The monoisotopic (exact) mass is 372 g/mol. The molecule has 27 heavy (non-hydrogen) atoms. The third kappa shape index (κ3) is 5.13. The Kier molecular flexibility index (Phi) is 6.18. The van der Waals surface area contributed by atoms with E-state index in [4.69, 9.17) is 4.52 Å². The number of benzene rings is 1.